The predicted octanol–water partition coefficient (Wildman–Crippen LogP) is 3.99. The second-order valence-corrected chi connectivity index (χ2v) is 6.01. The molecule has 3 nitrogen and oxygen atoms in total. The Morgan fingerprint density at radius 2 is 1.75 bits per heavy atom. The molecule has 1 fully saturated rings. The van der Waals surface area contributed by atoms with Gasteiger partial charge in [-0.3, -0.25) is 0 Å². The monoisotopic (exact) mass is 273 g/mol. The normalized spacial score (nSPS) is 19.2. The summed E-state index contributed by atoms with van der Waals surface area (Å²) in [7, 11) is 0. The number of fused-ring (bicyclic) bond motifs is 1. The summed E-state index contributed by atoms with van der Waals surface area (Å²) in [6, 6.07) is 6.37. The fourth-order valence-corrected chi connectivity index (χ4v) is 3.32. The average Bonchev–Trinajstić information content (AvgIpc) is 2.48. The van der Waals surface area contributed by atoms with Gasteiger partial charge >= 0.3 is 6.09 Å². The van der Waals surface area contributed by atoms with Crippen molar-refractivity contribution in [1.29, 1.82) is 0 Å². The van der Waals surface area contributed by atoms with Gasteiger partial charge in [-0.1, -0.05) is 25.3 Å². The van der Waals surface area contributed by atoms with Gasteiger partial charge in [-0.25, -0.2) is 4.79 Å². The Morgan fingerprint density at radius 3 is 2.55 bits per heavy atom. The molecule has 20 heavy (non-hydrogen) atoms. The van der Waals surface area contributed by atoms with Crippen LogP contribution >= 0.6 is 0 Å². The third-order valence-corrected chi connectivity index (χ3v) is 4.46. The van der Waals surface area contributed by atoms with Crippen LogP contribution in [0.25, 0.3) is 0 Å². The Hall–Kier alpha value is -1.51. The van der Waals surface area contributed by atoms with Gasteiger partial charge in [0.2, 0.25) is 0 Å². The lowest BCUT2D eigenvalue weighted by molar-refractivity contribution is 0.192. The number of benzene rings is 1. The molecule has 3 heteroatoms. The fourth-order valence-electron chi connectivity index (χ4n) is 3.32. The number of rotatable bonds is 2. The fraction of sp³-hybridized carbons (Fsp3) is 0.588. The molecule has 2 aliphatic carbocycles. The molecule has 1 saturated carbocycles. The van der Waals surface area contributed by atoms with Crippen LogP contribution < -0.4 is 10.1 Å². The lowest BCUT2D eigenvalue weighted by Gasteiger charge is -2.22. The summed E-state index contributed by atoms with van der Waals surface area (Å²) in [5.74, 6) is 0.680. The highest BCUT2D eigenvalue weighted by Gasteiger charge is 2.17. The molecule has 0 unspecified atom stereocenters. The van der Waals surface area contributed by atoms with E-state index in [1.807, 2.05) is 12.1 Å². The highest BCUT2D eigenvalue weighted by atomic mass is 16.6. The lowest BCUT2D eigenvalue weighted by atomic mass is 9.92. The van der Waals surface area contributed by atoms with Gasteiger partial charge in [-0.05, 0) is 61.8 Å². The molecule has 0 aromatic heterocycles. The van der Waals surface area contributed by atoms with E-state index in [1.165, 1.54) is 43.2 Å². The molecule has 1 aromatic rings. The van der Waals surface area contributed by atoms with Crippen molar-refractivity contribution < 1.29 is 9.53 Å². The lowest BCUT2D eigenvalue weighted by Crippen LogP contribution is -2.38. The predicted molar refractivity (Wildman–Crippen MR) is 79.1 cm³/mol. The van der Waals surface area contributed by atoms with Crippen LogP contribution in [0.5, 0.6) is 5.75 Å². The van der Waals surface area contributed by atoms with Crippen molar-refractivity contribution in [2.24, 2.45) is 0 Å². The van der Waals surface area contributed by atoms with E-state index in [9.17, 15) is 4.79 Å². The van der Waals surface area contributed by atoms with E-state index in [-0.39, 0.29) is 6.09 Å². The second-order valence-electron chi connectivity index (χ2n) is 6.01. The largest absolute Gasteiger partial charge is 0.412 e. The first-order valence-corrected chi connectivity index (χ1v) is 7.91. The summed E-state index contributed by atoms with van der Waals surface area (Å²) < 4.78 is 5.43. The third kappa shape index (κ3) is 3.33. The third-order valence-electron chi connectivity index (χ3n) is 4.46. The van der Waals surface area contributed by atoms with E-state index in [2.05, 4.69) is 11.4 Å². The molecule has 0 aliphatic heterocycles. The van der Waals surface area contributed by atoms with Crippen molar-refractivity contribution in [2.45, 2.75) is 63.8 Å². The van der Waals surface area contributed by atoms with Gasteiger partial charge in [0.25, 0.3) is 0 Å². The van der Waals surface area contributed by atoms with Gasteiger partial charge < -0.3 is 10.1 Å². The van der Waals surface area contributed by atoms with Crippen LogP contribution in [-0.4, -0.2) is 12.1 Å². The maximum atomic E-state index is 11.9. The molecule has 1 N–H and O–H groups in total. The quantitative estimate of drug-likeness (QED) is 0.885. The molecule has 0 heterocycles. The zero-order valence-electron chi connectivity index (χ0n) is 12.0. The number of hydrogen-bond donors (Lipinski definition) is 1. The van der Waals surface area contributed by atoms with Gasteiger partial charge in [-0.15, -0.1) is 0 Å². The minimum Gasteiger partial charge on any atom is -0.410 e. The Kier molecular flexibility index (Phi) is 4.24. The van der Waals surface area contributed by atoms with Gasteiger partial charge in [0.05, 0.1) is 0 Å². The first kappa shape index (κ1) is 13.5. The topological polar surface area (TPSA) is 38.3 Å². The van der Waals surface area contributed by atoms with Crippen molar-refractivity contribution in [3.8, 4) is 5.75 Å². The Balaban J connectivity index is 1.58. The van der Waals surface area contributed by atoms with Crippen LogP contribution in [0.1, 0.15) is 56.1 Å². The number of amides is 1. The van der Waals surface area contributed by atoms with E-state index in [1.54, 1.807) is 0 Å². The van der Waals surface area contributed by atoms with Crippen LogP contribution in [0.3, 0.4) is 0 Å². The average molecular weight is 273 g/mol. The van der Waals surface area contributed by atoms with Gasteiger partial charge in [0.1, 0.15) is 5.75 Å². The Labute approximate surface area is 120 Å². The first-order valence-electron chi connectivity index (χ1n) is 7.91. The van der Waals surface area contributed by atoms with Crippen molar-refractivity contribution in [1.82, 2.24) is 5.32 Å². The van der Waals surface area contributed by atoms with Crippen molar-refractivity contribution in [3.63, 3.8) is 0 Å². The first-order chi connectivity index (χ1) is 9.81. The Morgan fingerprint density at radius 1 is 1.00 bits per heavy atom. The van der Waals surface area contributed by atoms with Gasteiger partial charge in [0, 0.05) is 6.04 Å². The van der Waals surface area contributed by atoms with Gasteiger partial charge in [0.15, 0.2) is 0 Å². The van der Waals surface area contributed by atoms with Crippen LogP contribution in [0.2, 0.25) is 0 Å². The summed E-state index contributed by atoms with van der Waals surface area (Å²) in [6.07, 6.45) is 10.4. The van der Waals surface area contributed by atoms with Crippen LogP contribution in [0, 0.1) is 0 Å². The Bertz CT molecular complexity index is 478. The SMILES string of the molecule is O=C(NC1CCCCC1)Oc1ccc2c(c1)CCCC2. The number of ether oxygens (including phenoxy) is 1. The number of carbonyl (C=O) groups excluding carboxylic acids is 1. The maximum absolute atomic E-state index is 11.9. The van der Waals surface area contributed by atoms with E-state index in [0.717, 1.165) is 25.7 Å². The summed E-state index contributed by atoms with van der Waals surface area (Å²) in [5, 5.41) is 2.99. The molecule has 0 bridgehead atoms. The molecule has 0 saturated heterocycles. The zero-order valence-corrected chi connectivity index (χ0v) is 12.0. The zero-order chi connectivity index (χ0) is 13.8. The minimum absolute atomic E-state index is 0.298. The number of hydrogen-bond acceptors (Lipinski definition) is 2. The number of nitrogens with one attached hydrogen (secondary N) is 1. The smallest absolute Gasteiger partial charge is 0.410 e. The molecule has 2 aliphatic rings. The highest BCUT2D eigenvalue weighted by molar-refractivity contribution is 5.70. The summed E-state index contributed by atoms with van der Waals surface area (Å²) >= 11 is 0. The highest BCUT2D eigenvalue weighted by Crippen LogP contribution is 2.25. The van der Waals surface area contributed by atoms with Gasteiger partial charge in [-0.2, -0.15) is 0 Å². The summed E-state index contributed by atoms with van der Waals surface area (Å²) in [6.45, 7) is 0. The summed E-state index contributed by atoms with van der Waals surface area (Å²) in [5.41, 5.74) is 2.76. The molecular weight excluding hydrogens is 250 g/mol. The second kappa shape index (κ2) is 6.29. The van der Waals surface area contributed by atoms with E-state index in [4.69, 9.17) is 4.74 Å². The number of carbonyl (C=O) groups is 1. The van der Waals surface area contributed by atoms with E-state index in [0.29, 0.717) is 11.8 Å². The summed E-state index contributed by atoms with van der Waals surface area (Å²) in [4.78, 5) is 11.9. The standard InChI is InChI=1S/C17H23NO2/c19-17(18-15-8-2-1-3-9-15)20-16-11-10-13-6-4-5-7-14(13)12-16/h10-12,15H,1-9H2,(H,18,19). The molecule has 0 spiro atoms. The molecule has 3 rings (SSSR count). The van der Waals surface area contributed by atoms with E-state index < -0.39 is 0 Å². The molecular formula is C17H23NO2. The minimum atomic E-state index is -0.298. The van der Waals surface area contributed by atoms with Crippen LogP contribution in [0.4, 0.5) is 4.79 Å². The van der Waals surface area contributed by atoms with Crippen LogP contribution in [-0.2, 0) is 12.8 Å². The van der Waals surface area contributed by atoms with E-state index >= 15 is 0 Å². The van der Waals surface area contributed by atoms with Crippen molar-refractivity contribution in [3.05, 3.63) is 29.3 Å². The molecule has 0 atom stereocenters. The molecule has 1 aromatic carbocycles. The maximum Gasteiger partial charge on any atom is 0.412 e. The molecule has 0 radical (unpaired) electrons. The van der Waals surface area contributed by atoms with Crippen molar-refractivity contribution in [2.75, 3.05) is 0 Å². The molecule has 108 valence electrons. The molecule has 1 amide bonds. The number of aryl methyl sites for hydroxylation is 2. The van der Waals surface area contributed by atoms with Crippen molar-refractivity contribution >= 4 is 6.09 Å². The van der Waals surface area contributed by atoms with Crippen LogP contribution in [0.15, 0.2) is 18.2 Å².